The van der Waals surface area contributed by atoms with E-state index < -0.39 is 41.8 Å². The van der Waals surface area contributed by atoms with Gasteiger partial charge in [-0.2, -0.15) is 4.39 Å². The maximum absolute atomic E-state index is 13.8. The number of rotatable bonds is 8. The van der Waals surface area contributed by atoms with Crippen LogP contribution in [0.1, 0.15) is 59.1 Å². The van der Waals surface area contributed by atoms with Crippen molar-refractivity contribution in [2.45, 2.75) is 71.6 Å². The van der Waals surface area contributed by atoms with E-state index in [1.807, 2.05) is 18.2 Å². The number of amides is 2. The van der Waals surface area contributed by atoms with Crippen LogP contribution in [-0.2, 0) is 15.9 Å². The maximum Gasteiger partial charge on any atom is 0.416 e. The Labute approximate surface area is 258 Å². The zero-order chi connectivity index (χ0) is 32.2. The van der Waals surface area contributed by atoms with E-state index in [0.29, 0.717) is 21.0 Å². The number of nitrogens with zero attached hydrogens (tertiary/aromatic N) is 3. The molecule has 0 saturated heterocycles. The lowest BCUT2D eigenvalue weighted by molar-refractivity contribution is 0.0486. The Morgan fingerprint density at radius 2 is 1.59 bits per heavy atom. The summed E-state index contributed by atoms with van der Waals surface area (Å²) in [5, 5.41) is 4.55. The van der Waals surface area contributed by atoms with Crippen LogP contribution in [0.15, 0.2) is 60.9 Å². The van der Waals surface area contributed by atoms with Gasteiger partial charge in [-0.05, 0) is 70.5 Å². The van der Waals surface area contributed by atoms with Gasteiger partial charge in [-0.1, -0.05) is 47.7 Å². The van der Waals surface area contributed by atoms with Crippen LogP contribution in [0, 0.1) is 5.95 Å². The van der Waals surface area contributed by atoms with Crippen molar-refractivity contribution < 1.29 is 32.2 Å². The first-order chi connectivity index (χ1) is 20.6. The van der Waals surface area contributed by atoms with Crippen molar-refractivity contribution in [3.63, 3.8) is 0 Å². The molecule has 2 amide bonds. The molecule has 12 heteroatoms. The summed E-state index contributed by atoms with van der Waals surface area (Å²) in [6.07, 6.45) is -0.738. The van der Waals surface area contributed by atoms with Crippen LogP contribution in [0.2, 0.25) is 0 Å². The third-order valence-electron chi connectivity index (χ3n) is 6.15. The predicted molar refractivity (Wildman–Crippen MR) is 165 cm³/mol. The summed E-state index contributed by atoms with van der Waals surface area (Å²) in [7, 11) is 0. The Kier molecular flexibility index (Phi) is 9.82. The SMILES string of the molecule is CC(C)(C)OC(=O)N[C@@H](Cc1ccc(C(F)F)cc1)CN(C(=O)OC(C)(C)C)c1ncc(-c2ccc3cnc(F)cc3c2)s1. The number of benzene rings is 2. The highest BCUT2D eigenvalue weighted by Crippen LogP contribution is 2.34. The lowest BCUT2D eigenvalue weighted by atomic mass is 10.0. The van der Waals surface area contributed by atoms with Gasteiger partial charge < -0.3 is 14.8 Å². The van der Waals surface area contributed by atoms with E-state index in [-0.39, 0.29) is 18.5 Å². The van der Waals surface area contributed by atoms with E-state index in [9.17, 15) is 22.8 Å². The number of alkyl halides is 2. The molecule has 44 heavy (non-hydrogen) atoms. The fourth-order valence-electron chi connectivity index (χ4n) is 4.28. The number of hydrogen-bond donors (Lipinski definition) is 1. The minimum Gasteiger partial charge on any atom is -0.444 e. The van der Waals surface area contributed by atoms with E-state index in [0.717, 1.165) is 10.9 Å². The molecule has 8 nitrogen and oxygen atoms in total. The zero-order valence-electron chi connectivity index (χ0n) is 25.4. The van der Waals surface area contributed by atoms with Crippen LogP contribution < -0.4 is 10.2 Å². The highest BCUT2D eigenvalue weighted by Gasteiger charge is 2.30. The smallest absolute Gasteiger partial charge is 0.416 e. The monoisotopic (exact) mass is 628 g/mol. The van der Waals surface area contributed by atoms with Gasteiger partial charge in [0.05, 0.1) is 17.5 Å². The highest BCUT2D eigenvalue weighted by molar-refractivity contribution is 7.19. The van der Waals surface area contributed by atoms with Crippen LogP contribution in [0.4, 0.5) is 27.9 Å². The van der Waals surface area contributed by atoms with E-state index >= 15 is 0 Å². The minimum absolute atomic E-state index is 0.0632. The molecule has 4 aromatic rings. The Morgan fingerprint density at radius 3 is 2.23 bits per heavy atom. The fraction of sp³-hybridized carbons (Fsp3) is 0.375. The molecule has 1 N–H and O–H groups in total. The Balaban J connectivity index is 1.67. The number of fused-ring (bicyclic) bond motifs is 1. The number of hydrogen-bond acceptors (Lipinski definition) is 7. The average molecular weight is 629 g/mol. The van der Waals surface area contributed by atoms with Gasteiger partial charge in [0.1, 0.15) is 11.2 Å². The third kappa shape index (κ3) is 9.15. The summed E-state index contributed by atoms with van der Waals surface area (Å²) < 4.78 is 51.2. The molecule has 0 aliphatic rings. The van der Waals surface area contributed by atoms with Crippen LogP contribution >= 0.6 is 11.3 Å². The van der Waals surface area contributed by atoms with Crippen molar-refractivity contribution in [2.24, 2.45) is 0 Å². The maximum atomic E-state index is 13.8. The number of nitrogens with one attached hydrogen (secondary N) is 1. The number of ether oxygens (including phenoxy) is 2. The lowest BCUT2D eigenvalue weighted by Gasteiger charge is -2.30. The molecule has 0 fully saturated rings. The first kappa shape index (κ1) is 32.7. The van der Waals surface area contributed by atoms with Gasteiger partial charge in [-0.15, -0.1) is 0 Å². The number of carbonyl (C=O) groups excluding carboxylic acids is 2. The van der Waals surface area contributed by atoms with Gasteiger partial charge in [0, 0.05) is 29.4 Å². The number of halogens is 3. The summed E-state index contributed by atoms with van der Waals surface area (Å²) in [6.45, 7) is 10.3. The van der Waals surface area contributed by atoms with Crippen molar-refractivity contribution in [1.82, 2.24) is 15.3 Å². The van der Waals surface area contributed by atoms with Crippen molar-refractivity contribution in [2.75, 3.05) is 11.4 Å². The van der Waals surface area contributed by atoms with Crippen LogP contribution in [0.5, 0.6) is 0 Å². The second-order valence-electron chi connectivity index (χ2n) is 12.3. The van der Waals surface area contributed by atoms with Crippen LogP contribution in [-0.4, -0.2) is 45.9 Å². The van der Waals surface area contributed by atoms with E-state index in [4.69, 9.17) is 9.47 Å². The number of aromatic nitrogens is 2. The standard InChI is InChI=1S/C32H35F3N4O4S/c1-31(2,3)42-29(40)38-24(13-19-7-9-20(10-8-19)27(34)35)18-39(30(41)43-32(4,5)6)28-37-17-25(44-28)21-11-12-22-16-36-26(33)15-23(22)14-21/h7-12,14-17,24,27H,13,18H2,1-6H3,(H,38,40)/t24-/m0/s1. The molecular weight excluding hydrogens is 593 g/mol. The second-order valence-corrected chi connectivity index (χ2v) is 13.3. The molecule has 1 atom stereocenters. The molecule has 2 aromatic heterocycles. The first-order valence-electron chi connectivity index (χ1n) is 13.9. The molecule has 0 spiro atoms. The number of alkyl carbamates (subject to hydrolysis) is 1. The van der Waals surface area contributed by atoms with Gasteiger partial charge in [0.2, 0.25) is 5.95 Å². The number of pyridine rings is 1. The molecule has 2 aromatic carbocycles. The van der Waals surface area contributed by atoms with Crippen LogP contribution in [0.25, 0.3) is 21.2 Å². The fourth-order valence-corrected chi connectivity index (χ4v) is 5.19. The summed E-state index contributed by atoms with van der Waals surface area (Å²) in [5.41, 5.74) is -0.299. The largest absolute Gasteiger partial charge is 0.444 e. The van der Waals surface area contributed by atoms with Crippen molar-refractivity contribution in [1.29, 1.82) is 0 Å². The van der Waals surface area contributed by atoms with E-state index in [1.54, 1.807) is 59.9 Å². The Hall–Kier alpha value is -4.19. The quantitative estimate of drug-likeness (QED) is 0.197. The normalized spacial score (nSPS) is 12.7. The zero-order valence-corrected chi connectivity index (χ0v) is 26.2. The summed E-state index contributed by atoms with van der Waals surface area (Å²) in [4.78, 5) is 36.6. The van der Waals surface area contributed by atoms with Gasteiger partial charge in [0.25, 0.3) is 6.43 Å². The second kappa shape index (κ2) is 13.2. The average Bonchev–Trinajstić information content (AvgIpc) is 3.39. The molecule has 0 aliphatic heterocycles. The number of thiazole rings is 1. The van der Waals surface area contributed by atoms with Gasteiger partial charge in [-0.25, -0.2) is 28.3 Å². The molecule has 2 heterocycles. The lowest BCUT2D eigenvalue weighted by Crippen LogP contribution is -2.49. The number of carbonyl (C=O) groups is 2. The van der Waals surface area contributed by atoms with Crippen molar-refractivity contribution in [3.8, 4) is 10.4 Å². The van der Waals surface area contributed by atoms with Gasteiger partial charge in [-0.3, -0.25) is 4.90 Å². The topological polar surface area (TPSA) is 93.7 Å². The number of anilines is 1. The van der Waals surface area contributed by atoms with E-state index in [2.05, 4.69) is 15.3 Å². The van der Waals surface area contributed by atoms with Crippen LogP contribution in [0.3, 0.4) is 0 Å². The molecule has 0 bridgehead atoms. The predicted octanol–water partition coefficient (Wildman–Crippen LogP) is 8.31. The molecule has 0 unspecified atom stereocenters. The van der Waals surface area contributed by atoms with Gasteiger partial charge in [0.15, 0.2) is 5.13 Å². The van der Waals surface area contributed by atoms with Crippen molar-refractivity contribution >= 4 is 39.4 Å². The minimum atomic E-state index is -2.61. The Morgan fingerprint density at radius 1 is 0.909 bits per heavy atom. The molecule has 0 radical (unpaired) electrons. The van der Waals surface area contributed by atoms with Gasteiger partial charge >= 0.3 is 12.2 Å². The van der Waals surface area contributed by atoms with Crippen molar-refractivity contribution in [3.05, 3.63) is 78.0 Å². The highest BCUT2D eigenvalue weighted by atomic mass is 32.1. The first-order valence-corrected chi connectivity index (χ1v) is 14.8. The molecule has 234 valence electrons. The third-order valence-corrected chi connectivity index (χ3v) is 7.22. The Bertz CT molecular complexity index is 1610. The molecule has 4 rings (SSSR count). The molecule has 0 saturated carbocycles. The molecule has 0 aliphatic carbocycles. The van der Waals surface area contributed by atoms with E-state index in [1.165, 1.54) is 40.6 Å². The summed E-state index contributed by atoms with van der Waals surface area (Å²) >= 11 is 1.22. The molecular formula is C32H35F3N4O4S. The summed E-state index contributed by atoms with van der Waals surface area (Å²) in [6, 6.07) is 11.9. The summed E-state index contributed by atoms with van der Waals surface area (Å²) in [5.74, 6) is -0.594.